The normalized spacial score (nSPS) is 10.8. The van der Waals surface area contributed by atoms with Crippen molar-refractivity contribution in [1.82, 2.24) is 24.7 Å². The number of carbonyl (C=O) groups is 1. The van der Waals surface area contributed by atoms with Gasteiger partial charge in [-0.15, -0.1) is 21.5 Å². The molecule has 0 unspecified atom stereocenters. The summed E-state index contributed by atoms with van der Waals surface area (Å²) in [6, 6.07) is 3.87. The van der Waals surface area contributed by atoms with Gasteiger partial charge in [-0.3, -0.25) is 9.78 Å². The van der Waals surface area contributed by atoms with Gasteiger partial charge in [-0.1, -0.05) is 18.7 Å². The SMILES string of the molecule is CCCn1c(SCc2csc(NC(C)=O)n2)nnc1-c1ccncc1. The van der Waals surface area contributed by atoms with Gasteiger partial charge >= 0.3 is 0 Å². The quantitative estimate of drug-likeness (QED) is 0.638. The second kappa shape index (κ2) is 8.21. The van der Waals surface area contributed by atoms with Crippen molar-refractivity contribution in [3.8, 4) is 11.4 Å². The highest BCUT2D eigenvalue weighted by atomic mass is 32.2. The first-order chi connectivity index (χ1) is 12.2. The molecule has 1 amide bonds. The molecule has 25 heavy (non-hydrogen) atoms. The van der Waals surface area contributed by atoms with E-state index in [0.717, 1.165) is 35.2 Å². The molecule has 0 atom stereocenters. The van der Waals surface area contributed by atoms with E-state index < -0.39 is 0 Å². The molecule has 0 bridgehead atoms. The van der Waals surface area contributed by atoms with Gasteiger partial charge in [-0.25, -0.2) is 4.98 Å². The zero-order chi connectivity index (χ0) is 17.6. The monoisotopic (exact) mass is 374 g/mol. The van der Waals surface area contributed by atoms with Gasteiger partial charge in [0, 0.05) is 42.6 Å². The predicted molar refractivity (Wildman–Crippen MR) is 99.5 cm³/mol. The van der Waals surface area contributed by atoms with Crippen molar-refractivity contribution in [1.29, 1.82) is 0 Å². The molecule has 3 rings (SSSR count). The van der Waals surface area contributed by atoms with Gasteiger partial charge in [-0.05, 0) is 18.6 Å². The Morgan fingerprint density at radius 3 is 2.84 bits per heavy atom. The minimum Gasteiger partial charge on any atom is -0.302 e. The molecule has 7 nitrogen and oxygen atoms in total. The Morgan fingerprint density at radius 2 is 2.12 bits per heavy atom. The Labute approximate surface area is 153 Å². The van der Waals surface area contributed by atoms with E-state index in [2.05, 4.69) is 37.0 Å². The molecule has 3 heterocycles. The van der Waals surface area contributed by atoms with E-state index in [4.69, 9.17) is 0 Å². The van der Waals surface area contributed by atoms with Crippen LogP contribution in [-0.2, 0) is 17.1 Å². The number of amides is 1. The third-order valence-corrected chi connectivity index (χ3v) is 5.09. The van der Waals surface area contributed by atoms with Crippen LogP contribution >= 0.6 is 23.1 Å². The van der Waals surface area contributed by atoms with Gasteiger partial charge in [0.25, 0.3) is 0 Å². The van der Waals surface area contributed by atoms with Crippen LogP contribution in [-0.4, -0.2) is 30.6 Å². The van der Waals surface area contributed by atoms with E-state index in [9.17, 15) is 4.79 Å². The van der Waals surface area contributed by atoms with Crippen molar-refractivity contribution in [2.75, 3.05) is 5.32 Å². The van der Waals surface area contributed by atoms with Gasteiger partial charge in [-0.2, -0.15) is 0 Å². The minimum absolute atomic E-state index is 0.113. The summed E-state index contributed by atoms with van der Waals surface area (Å²) in [5, 5.41) is 14.8. The average molecular weight is 374 g/mol. The van der Waals surface area contributed by atoms with Crippen LogP contribution in [0.2, 0.25) is 0 Å². The van der Waals surface area contributed by atoms with Crippen molar-refractivity contribution in [3.05, 3.63) is 35.6 Å². The van der Waals surface area contributed by atoms with Crippen LogP contribution in [0.4, 0.5) is 5.13 Å². The van der Waals surface area contributed by atoms with Crippen molar-refractivity contribution in [2.24, 2.45) is 0 Å². The highest BCUT2D eigenvalue weighted by Crippen LogP contribution is 2.27. The Bertz CT molecular complexity index is 845. The summed E-state index contributed by atoms with van der Waals surface area (Å²) < 4.78 is 2.13. The third kappa shape index (κ3) is 4.43. The first kappa shape index (κ1) is 17.6. The molecule has 0 aliphatic rings. The number of thiazole rings is 1. The second-order valence-corrected chi connectivity index (χ2v) is 7.11. The van der Waals surface area contributed by atoms with Crippen LogP contribution in [0.1, 0.15) is 26.0 Å². The Balaban J connectivity index is 1.75. The molecule has 3 aromatic rings. The first-order valence-electron chi connectivity index (χ1n) is 7.85. The summed E-state index contributed by atoms with van der Waals surface area (Å²) in [4.78, 5) is 19.5. The number of hydrogen-bond acceptors (Lipinski definition) is 7. The second-order valence-electron chi connectivity index (χ2n) is 5.31. The van der Waals surface area contributed by atoms with Crippen LogP contribution in [0.15, 0.2) is 35.1 Å². The highest BCUT2D eigenvalue weighted by molar-refractivity contribution is 7.98. The highest BCUT2D eigenvalue weighted by Gasteiger charge is 2.14. The fourth-order valence-corrected chi connectivity index (χ4v) is 3.97. The zero-order valence-electron chi connectivity index (χ0n) is 14.0. The maximum atomic E-state index is 11.1. The van der Waals surface area contributed by atoms with E-state index in [1.165, 1.54) is 18.3 Å². The van der Waals surface area contributed by atoms with E-state index in [-0.39, 0.29) is 5.91 Å². The van der Waals surface area contributed by atoms with Crippen LogP contribution in [0.25, 0.3) is 11.4 Å². The lowest BCUT2D eigenvalue weighted by Crippen LogP contribution is -2.05. The lowest BCUT2D eigenvalue weighted by Gasteiger charge is -2.08. The van der Waals surface area contributed by atoms with Gasteiger partial charge < -0.3 is 9.88 Å². The molecule has 1 N–H and O–H groups in total. The Hall–Kier alpha value is -2.26. The smallest absolute Gasteiger partial charge is 0.223 e. The zero-order valence-corrected chi connectivity index (χ0v) is 15.6. The molecular formula is C16H18N6OS2. The summed E-state index contributed by atoms with van der Waals surface area (Å²) in [6.45, 7) is 4.45. The van der Waals surface area contributed by atoms with E-state index in [1.807, 2.05) is 17.5 Å². The molecule has 0 aliphatic carbocycles. The number of carbonyl (C=O) groups excluding carboxylic acids is 1. The van der Waals surface area contributed by atoms with Crippen molar-refractivity contribution in [3.63, 3.8) is 0 Å². The molecule has 0 spiro atoms. The molecule has 130 valence electrons. The van der Waals surface area contributed by atoms with Gasteiger partial charge in [0.05, 0.1) is 5.69 Å². The van der Waals surface area contributed by atoms with Crippen molar-refractivity contribution < 1.29 is 4.79 Å². The predicted octanol–water partition coefficient (Wildman–Crippen LogP) is 3.46. The number of thioether (sulfide) groups is 1. The molecule has 0 radical (unpaired) electrons. The topological polar surface area (TPSA) is 85.6 Å². The maximum Gasteiger partial charge on any atom is 0.223 e. The van der Waals surface area contributed by atoms with E-state index >= 15 is 0 Å². The molecule has 0 saturated heterocycles. The number of rotatable bonds is 7. The molecule has 0 aliphatic heterocycles. The average Bonchev–Trinajstić information content (AvgIpc) is 3.20. The number of hydrogen-bond donors (Lipinski definition) is 1. The maximum absolute atomic E-state index is 11.1. The first-order valence-corrected chi connectivity index (χ1v) is 9.72. The summed E-state index contributed by atoms with van der Waals surface area (Å²) in [6.07, 6.45) is 4.50. The largest absolute Gasteiger partial charge is 0.302 e. The number of nitrogens with one attached hydrogen (secondary N) is 1. The fraction of sp³-hybridized carbons (Fsp3) is 0.312. The number of aromatic nitrogens is 5. The van der Waals surface area contributed by atoms with Gasteiger partial charge in [0.2, 0.25) is 5.91 Å². The van der Waals surface area contributed by atoms with Crippen LogP contribution in [0.5, 0.6) is 0 Å². The number of nitrogens with zero attached hydrogens (tertiary/aromatic N) is 5. The summed E-state index contributed by atoms with van der Waals surface area (Å²) in [5.41, 5.74) is 1.92. The fourth-order valence-electron chi connectivity index (χ4n) is 2.25. The summed E-state index contributed by atoms with van der Waals surface area (Å²) in [5.74, 6) is 1.41. The van der Waals surface area contributed by atoms with E-state index in [0.29, 0.717) is 10.9 Å². The Morgan fingerprint density at radius 1 is 1.32 bits per heavy atom. The van der Waals surface area contributed by atoms with Crippen molar-refractivity contribution >= 4 is 34.1 Å². The van der Waals surface area contributed by atoms with Crippen molar-refractivity contribution in [2.45, 2.75) is 37.7 Å². The van der Waals surface area contributed by atoms with Crippen LogP contribution in [0, 0.1) is 0 Å². The molecule has 9 heteroatoms. The minimum atomic E-state index is -0.113. The lowest BCUT2D eigenvalue weighted by molar-refractivity contribution is -0.114. The summed E-state index contributed by atoms with van der Waals surface area (Å²) in [7, 11) is 0. The van der Waals surface area contributed by atoms with E-state index in [1.54, 1.807) is 24.2 Å². The number of pyridine rings is 1. The molecule has 3 aromatic heterocycles. The standard InChI is InChI=1S/C16H18N6OS2/c1-3-8-22-14(12-4-6-17-7-5-12)20-21-16(22)25-10-13-9-24-15(19-13)18-11(2)23/h4-7,9H,3,8,10H2,1-2H3,(H,18,19,23). The molecule has 0 saturated carbocycles. The van der Waals surface area contributed by atoms with Gasteiger partial charge in [0.15, 0.2) is 16.1 Å². The van der Waals surface area contributed by atoms with Crippen LogP contribution in [0.3, 0.4) is 0 Å². The lowest BCUT2D eigenvalue weighted by atomic mass is 10.2. The van der Waals surface area contributed by atoms with Gasteiger partial charge in [0.1, 0.15) is 0 Å². The Kier molecular flexibility index (Phi) is 5.77. The molecule has 0 fully saturated rings. The van der Waals surface area contributed by atoms with Crippen LogP contribution < -0.4 is 5.32 Å². The third-order valence-electron chi connectivity index (χ3n) is 3.29. The molecular weight excluding hydrogens is 356 g/mol. The molecule has 0 aromatic carbocycles. The number of anilines is 1. The summed E-state index contributed by atoms with van der Waals surface area (Å²) >= 11 is 3.02.